The predicted molar refractivity (Wildman–Crippen MR) is 146 cm³/mol. The van der Waals surface area contributed by atoms with Crippen molar-refractivity contribution in [1.29, 1.82) is 0 Å². The van der Waals surface area contributed by atoms with Crippen LogP contribution >= 0.6 is 0 Å². The SMILES string of the molecule is CCOC1CC(=O)C(C)(C2C(O)CC3(C)C4CC=C5C(CC(=O)C(O)C5(C)C)C4(C)C(=O)CC23C)OC1(C)C. The van der Waals surface area contributed by atoms with Gasteiger partial charge in [-0.2, -0.15) is 0 Å². The Balaban J connectivity index is 1.59. The Kier molecular flexibility index (Phi) is 6.38. The summed E-state index contributed by atoms with van der Waals surface area (Å²) in [4.78, 5) is 41.3. The highest BCUT2D eigenvalue weighted by Crippen LogP contribution is 2.74. The van der Waals surface area contributed by atoms with E-state index in [-0.39, 0.29) is 54.6 Å². The van der Waals surface area contributed by atoms with Crippen LogP contribution in [0.1, 0.15) is 94.4 Å². The highest BCUT2D eigenvalue weighted by Gasteiger charge is 2.75. The number of hydrogen-bond donors (Lipinski definition) is 2. The average Bonchev–Trinajstić information content (AvgIpc) is 3.02. The van der Waals surface area contributed by atoms with E-state index in [1.165, 1.54) is 0 Å². The second-order valence-corrected chi connectivity index (χ2v) is 15.1. The zero-order chi connectivity index (χ0) is 29.1. The molecule has 0 aromatic heterocycles. The minimum atomic E-state index is -1.26. The highest BCUT2D eigenvalue weighted by molar-refractivity contribution is 5.93. The summed E-state index contributed by atoms with van der Waals surface area (Å²) in [6, 6.07) is 0. The summed E-state index contributed by atoms with van der Waals surface area (Å²) in [5, 5.41) is 22.5. The number of aliphatic hydroxyl groups is 2. The summed E-state index contributed by atoms with van der Waals surface area (Å²) >= 11 is 0. The van der Waals surface area contributed by atoms with E-state index in [2.05, 4.69) is 19.9 Å². The molecular weight excluding hydrogens is 496 g/mol. The Bertz CT molecular complexity index is 1140. The Morgan fingerprint density at radius 1 is 0.949 bits per heavy atom. The molecule has 10 atom stereocenters. The molecule has 1 aliphatic heterocycles. The van der Waals surface area contributed by atoms with Crippen LogP contribution in [-0.4, -0.2) is 63.7 Å². The van der Waals surface area contributed by atoms with Gasteiger partial charge in [0.05, 0.1) is 17.8 Å². The Morgan fingerprint density at radius 3 is 2.21 bits per heavy atom. The smallest absolute Gasteiger partial charge is 0.167 e. The van der Waals surface area contributed by atoms with Crippen molar-refractivity contribution in [2.75, 3.05) is 6.61 Å². The number of carbonyl (C=O) groups is 3. The van der Waals surface area contributed by atoms with E-state index in [1.807, 2.05) is 48.5 Å². The molecule has 4 fully saturated rings. The number of ether oxygens (including phenoxy) is 2. The van der Waals surface area contributed by atoms with Gasteiger partial charge in [0, 0.05) is 42.6 Å². The maximum absolute atomic E-state index is 14.5. The summed E-state index contributed by atoms with van der Waals surface area (Å²) < 4.78 is 12.5. The Hall–Kier alpha value is -1.41. The van der Waals surface area contributed by atoms with Crippen LogP contribution in [0.5, 0.6) is 0 Å². The van der Waals surface area contributed by atoms with Gasteiger partial charge in [-0.3, -0.25) is 14.4 Å². The third kappa shape index (κ3) is 3.52. The van der Waals surface area contributed by atoms with Gasteiger partial charge >= 0.3 is 0 Å². The summed E-state index contributed by atoms with van der Waals surface area (Å²) in [6.45, 7) is 18.1. The van der Waals surface area contributed by atoms with Crippen molar-refractivity contribution in [3.63, 3.8) is 0 Å². The molecule has 0 aromatic carbocycles. The molecule has 0 spiro atoms. The zero-order valence-electron chi connectivity index (χ0n) is 25.2. The quantitative estimate of drug-likeness (QED) is 0.512. The number of hydrogen-bond acceptors (Lipinski definition) is 7. The zero-order valence-corrected chi connectivity index (χ0v) is 25.2. The van der Waals surface area contributed by atoms with Crippen LogP contribution < -0.4 is 0 Å². The van der Waals surface area contributed by atoms with E-state index in [1.54, 1.807) is 0 Å². The van der Waals surface area contributed by atoms with Crippen LogP contribution in [0.2, 0.25) is 0 Å². The van der Waals surface area contributed by atoms with Gasteiger partial charge in [-0.05, 0) is 63.2 Å². The molecule has 218 valence electrons. The largest absolute Gasteiger partial charge is 0.393 e. The molecule has 0 bridgehead atoms. The third-order valence-electron chi connectivity index (χ3n) is 12.6. The van der Waals surface area contributed by atoms with Gasteiger partial charge < -0.3 is 19.7 Å². The van der Waals surface area contributed by atoms with Crippen LogP contribution in [0.4, 0.5) is 0 Å². The van der Waals surface area contributed by atoms with Crippen molar-refractivity contribution in [2.45, 2.75) is 124 Å². The maximum Gasteiger partial charge on any atom is 0.167 e. The molecule has 4 aliphatic carbocycles. The van der Waals surface area contributed by atoms with Gasteiger partial charge in [0.1, 0.15) is 17.5 Å². The second kappa shape index (κ2) is 8.56. The summed E-state index contributed by atoms with van der Waals surface area (Å²) in [7, 11) is 0. The molecular formula is C32H48O7. The van der Waals surface area contributed by atoms with Gasteiger partial charge in [0.15, 0.2) is 11.6 Å². The molecule has 7 heteroatoms. The number of fused-ring (bicyclic) bond motifs is 5. The van der Waals surface area contributed by atoms with E-state index in [9.17, 15) is 24.6 Å². The van der Waals surface area contributed by atoms with Gasteiger partial charge in [0.2, 0.25) is 0 Å². The van der Waals surface area contributed by atoms with Crippen LogP contribution in [0.15, 0.2) is 11.6 Å². The van der Waals surface area contributed by atoms with Crippen LogP contribution in [0, 0.1) is 39.4 Å². The predicted octanol–water partition coefficient (Wildman–Crippen LogP) is 4.21. The fraction of sp³-hybridized carbons (Fsp3) is 0.844. The number of aliphatic hydroxyl groups excluding tert-OH is 2. The first kappa shape index (κ1) is 29.1. The van der Waals surface area contributed by atoms with E-state index in [4.69, 9.17) is 9.47 Å². The maximum atomic E-state index is 14.5. The number of rotatable bonds is 3. The second-order valence-electron chi connectivity index (χ2n) is 15.1. The first-order valence-corrected chi connectivity index (χ1v) is 14.8. The number of carbonyl (C=O) groups excluding carboxylic acids is 3. The van der Waals surface area contributed by atoms with E-state index >= 15 is 0 Å². The molecule has 7 nitrogen and oxygen atoms in total. The molecule has 0 amide bonds. The molecule has 10 unspecified atom stereocenters. The fourth-order valence-electron chi connectivity index (χ4n) is 10.3. The van der Waals surface area contributed by atoms with Crippen molar-refractivity contribution in [3.8, 4) is 0 Å². The van der Waals surface area contributed by atoms with Gasteiger partial charge in [-0.25, -0.2) is 0 Å². The Morgan fingerprint density at radius 2 is 1.59 bits per heavy atom. The molecule has 1 heterocycles. The third-order valence-corrected chi connectivity index (χ3v) is 12.6. The first-order chi connectivity index (χ1) is 17.8. The number of ketones is 3. The lowest BCUT2D eigenvalue weighted by atomic mass is 9.38. The summed E-state index contributed by atoms with van der Waals surface area (Å²) in [6.07, 6.45) is 1.55. The van der Waals surface area contributed by atoms with Crippen molar-refractivity contribution in [1.82, 2.24) is 0 Å². The fourth-order valence-corrected chi connectivity index (χ4v) is 10.3. The first-order valence-electron chi connectivity index (χ1n) is 14.8. The van der Waals surface area contributed by atoms with Crippen molar-refractivity contribution in [2.24, 2.45) is 39.4 Å². The van der Waals surface area contributed by atoms with E-state index < -0.39 is 51.0 Å². The van der Waals surface area contributed by atoms with Crippen LogP contribution in [-0.2, 0) is 23.9 Å². The van der Waals surface area contributed by atoms with E-state index in [0.717, 1.165) is 5.57 Å². The average molecular weight is 545 g/mol. The molecule has 2 N–H and O–H groups in total. The molecule has 0 radical (unpaired) electrons. The monoisotopic (exact) mass is 544 g/mol. The lowest BCUT2D eigenvalue weighted by Gasteiger charge is -2.65. The normalized spacial score (nSPS) is 50.6. The van der Waals surface area contributed by atoms with Gasteiger partial charge in [-0.15, -0.1) is 0 Å². The van der Waals surface area contributed by atoms with Gasteiger partial charge in [0.25, 0.3) is 0 Å². The van der Waals surface area contributed by atoms with Crippen molar-refractivity contribution >= 4 is 17.3 Å². The number of Topliss-reactive ketones (excluding diaryl/α,β-unsaturated/α-hetero) is 3. The van der Waals surface area contributed by atoms with Crippen molar-refractivity contribution in [3.05, 3.63) is 11.6 Å². The van der Waals surface area contributed by atoms with E-state index in [0.29, 0.717) is 19.4 Å². The van der Waals surface area contributed by atoms with Crippen molar-refractivity contribution < 1.29 is 34.1 Å². The minimum absolute atomic E-state index is 0.0838. The lowest BCUT2D eigenvalue weighted by molar-refractivity contribution is -0.251. The molecule has 3 saturated carbocycles. The molecule has 0 aromatic rings. The van der Waals surface area contributed by atoms with Gasteiger partial charge in [-0.1, -0.05) is 46.3 Å². The van der Waals surface area contributed by atoms with Crippen LogP contribution in [0.25, 0.3) is 0 Å². The van der Waals surface area contributed by atoms with Crippen LogP contribution in [0.3, 0.4) is 0 Å². The molecule has 1 saturated heterocycles. The summed E-state index contributed by atoms with van der Waals surface area (Å²) in [5.41, 5.74) is -3.68. The summed E-state index contributed by atoms with van der Waals surface area (Å²) in [5.74, 6) is -1.17. The molecule has 5 aliphatic rings. The molecule has 39 heavy (non-hydrogen) atoms. The standard InChI is InChI=1S/C32H48O7/c1-10-38-24-14-22(35)32(9,39-28(24,4)5)25-20(34)15-29(6)21-12-11-17-18(13-19(33)26(37)27(17,2)3)31(21,8)23(36)16-30(25,29)7/h11,18,20-21,24-26,34,37H,10,12-16H2,1-9H3. The Labute approximate surface area is 233 Å². The highest BCUT2D eigenvalue weighted by atomic mass is 16.6. The topological polar surface area (TPSA) is 110 Å². The molecule has 5 rings (SSSR count). The number of allylic oxidation sites excluding steroid dienone is 1. The minimum Gasteiger partial charge on any atom is -0.393 e. The lowest BCUT2D eigenvalue weighted by Crippen LogP contribution is -2.68.